The maximum Gasteiger partial charge on any atom is 0.158 e. The molecule has 0 amide bonds. The van der Waals surface area contributed by atoms with Crippen molar-refractivity contribution in [3.05, 3.63) is 12.2 Å². The molecule has 0 saturated carbocycles. The fraction of sp³-hybridized carbons (Fsp3) is 0.786. The number of allylic oxidation sites excluding steroid dienone is 1. The van der Waals surface area contributed by atoms with Gasteiger partial charge in [0.05, 0.1) is 0 Å². The highest BCUT2D eigenvalue weighted by atomic mass is 31.1. The first kappa shape index (κ1) is 15.8. The molecule has 94 valence electrons. The molecule has 0 aliphatic carbocycles. The second-order valence-electron chi connectivity index (χ2n) is 4.50. The Morgan fingerprint density at radius 2 is 1.56 bits per heavy atom. The van der Waals surface area contributed by atoms with Crippen LogP contribution in [-0.2, 0) is 4.79 Å². The molecule has 0 bridgehead atoms. The zero-order valence-electron chi connectivity index (χ0n) is 11.2. The molecule has 16 heavy (non-hydrogen) atoms. The Labute approximate surface area is 102 Å². The SMILES string of the molecule is C=C(C)C(=O)CCP(CCCC)CCCC. The second kappa shape index (κ2) is 10.0. The van der Waals surface area contributed by atoms with Gasteiger partial charge in [-0.05, 0) is 43.8 Å². The van der Waals surface area contributed by atoms with E-state index < -0.39 is 0 Å². The van der Waals surface area contributed by atoms with Gasteiger partial charge in [-0.1, -0.05) is 33.3 Å². The van der Waals surface area contributed by atoms with Crippen molar-refractivity contribution in [2.75, 3.05) is 18.5 Å². The van der Waals surface area contributed by atoms with Gasteiger partial charge < -0.3 is 0 Å². The highest BCUT2D eigenvalue weighted by molar-refractivity contribution is 7.57. The Kier molecular flexibility index (Phi) is 9.92. The van der Waals surface area contributed by atoms with Gasteiger partial charge in [-0.2, -0.15) is 0 Å². The number of ketones is 1. The predicted octanol–water partition coefficient (Wildman–Crippen LogP) is 4.60. The molecule has 0 aliphatic rings. The Bertz CT molecular complexity index is 203. The zero-order chi connectivity index (χ0) is 12.4. The molecule has 0 radical (unpaired) electrons. The van der Waals surface area contributed by atoms with Crippen molar-refractivity contribution in [2.45, 2.75) is 52.9 Å². The molecule has 0 aliphatic heterocycles. The summed E-state index contributed by atoms with van der Waals surface area (Å²) >= 11 is 0. The van der Waals surface area contributed by atoms with Crippen LogP contribution < -0.4 is 0 Å². The average molecular weight is 242 g/mol. The van der Waals surface area contributed by atoms with Crippen molar-refractivity contribution < 1.29 is 4.79 Å². The molecule has 0 fully saturated rings. The number of carbonyl (C=O) groups excluding carboxylic acids is 1. The van der Waals surface area contributed by atoms with Crippen LogP contribution in [0.1, 0.15) is 52.9 Å². The number of rotatable bonds is 10. The van der Waals surface area contributed by atoms with Crippen LogP contribution >= 0.6 is 7.92 Å². The third kappa shape index (κ3) is 8.05. The standard InChI is InChI=1S/C14H27OP/c1-5-7-10-16(11-8-6-2)12-9-14(15)13(3)4/h3,5-12H2,1-2,4H3. The van der Waals surface area contributed by atoms with E-state index in [1.54, 1.807) is 0 Å². The smallest absolute Gasteiger partial charge is 0.158 e. The summed E-state index contributed by atoms with van der Waals surface area (Å²) in [5.74, 6) is 0.264. The van der Waals surface area contributed by atoms with Crippen molar-refractivity contribution >= 4 is 13.7 Å². The van der Waals surface area contributed by atoms with E-state index in [0.717, 1.165) is 18.2 Å². The van der Waals surface area contributed by atoms with Crippen LogP contribution in [-0.4, -0.2) is 24.3 Å². The van der Waals surface area contributed by atoms with Crippen LogP contribution in [0, 0.1) is 0 Å². The van der Waals surface area contributed by atoms with Crippen molar-refractivity contribution in [1.82, 2.24) is 0 Å². The normalized spacial score (nSPS) is 10.8. The summed E-state index contributed by atoms with van der Waals surface area (Å²) in [6, 6.07) is 0. The lowest BCUT2D eigenvalue weighted by molar-refractivity contribution is -0.115. The number of carbonyl (C=O) groups is 1. The highest BCUT2D eigenvalue weighted by Gasteiger charge is 2.10. The van der Waals surface area contributed by atoms with Crippen LogP contribution in [0.2, 0.25) is 0 Å². The molecular formula is C14H27OP. The summed E-state index contributed by atoms with van der Waals surface area (Å²) in [5.41, 5.74) is 0.723. The molecule has 0 heterocycles. The van der Waals surface area contributed by atoms with Gasteiger partial charge in [0.2, 0.25) is 0 Å². The van der Waals surface area contributed by atoms with E-state index in [9.17, 15) is 4.79 Å². The van der Waals surface area contributed by atoms with Gasteiger partial charge in [-0.15, -0.1) is 7.92 Å². The van der Waals surface area contributed by atoms with Gasteiger partial charge in [-0.25, -0.2) is 0 Å². The van der Waals surface area contributed by atoms with Crippen molar-refractivity contribution in [1.29, 1.82) is 0 Å². The largest absolute Gasteiger partial charge is 0.295 e. The Morgan fingerprint density at radius 3 is 1.94 bits per heavy atom. The molecule has 0 aromatic rings. The topological polar surface area (TPSA) is 17.1 Å². The second-order valence-corrected chi connectivity index (χ2v) is 7.19. The lowest BCUT2D eigenvalue weighted by atomic mass is 10.2. The fourth-order valence-corrected chi connectivity index (χ4v) is 4.29. The van der Waals surface area contributed by atoms with Crippen molar-refractivity contribution in [3.63, 3.8) is 0 Å². The number of Topliss-reactive ketones (excluding diaryl/α,β-unsaturated/α-hetero) is 1. The summed E-state index contributed by atoms with van der Waals surface area (Å²) in [6.45, 7) is 10.0. The van der Waals surface area contributed by atoms with Crippen molar-refractivity contribution in [2.24, 2.45) is 0 Å². The van der Waals surface area contributed by atoms with E-state index in [1.165, 1.54) is 38.0 Å². The van der Waals surface area contributed by atoms with Gasteiger partial charge in [0.25, 0.3) is 0 Å². The summed E-state index contributed by atoms with van der Waals surface area (Å²) in [4.78, 5) is 11.5. The maximum atomic E-state index is 11.5. The average Bonchev–Trinajstić information content (AvgIpc) is 2.27. The Balaban J connectivity index is 3.89. The van der Waals surface area contributed by atoms with Crippen LogP contribution in [0.4, 0.5) is 0 Å². The first-order valence-electron chi connectivity index (χ1n) is 6.52. The van der Waals surface area contributed by atoms with E-state index >= 15 is 0 Å². The monoisotopic (exact) mass is 242 g/mol. The fourth-order valence-electron chi connectivity index (χ4n) is 1.57. The minimum Gasteiger partial charge on any atom is -0.295 e. The molecule has 0 saturated heterocycles. The van der Waals surface area contributed by atoms with Crippen LogP contribution in [0.25, 0.3) is 0 Å². The molecule has 0 rings (SSSR count). The molecular weight excluding hydrogens is 215 g/mol. The maximum absolute atomic E-state index is 11.5. The van der Waals surface area contributed by atoms with E-state index in [-0.39, 0.29) is 13.7 Å². The summed E-state index contributed by atoms with van der Waals surface area (Å²) in [6.07, 6.45) is 9.78. The zero-order valence-corrected chi connectivity index (χ0v) is 12.1. The van der Waals surface area contributed by atoms with Gasteiger partial charge >= 0.3 is 0 Å². The molecule has 0 atom stereocenters. The van der Waals surface area contributed by atoms with Crippen molar-refractivity contribution in [3.8, 4) is 0 Å². The number of hydrogen-bond donors (Lipinski definition) is 0. The van der Waals surface area contributed by atoms with E-state index in [2.05, 4.69) is 20.4 Å². The summed E-state index contributed by atoms with van der Waals surface area (Å²) in [5, 5.41) is 0. The van der Waals surface area contributed by atoms with Crippen LogP contribution in [0.5, 0.6) is 0 Å². The molecule has 0 N–H and O–H groups in total. The first-order valence-corrected chi connectivity index (χ1v) is 8.42. The van der Waals surface area contributed by atoms with E-state index in [0.29, 0.717) is 0 Å². The molecule has 0 aromatic heterocycles. The third-order valence-electron chi connectivity index (χ3n) is 2.79. The highest BCUT2D eigenvalue weighted by Crippen LogP contribution is 2.38. The van der Waals surface area contributed by atoms with Gasteiger partial charge in [0.1, 0.15) is 0 Å². The minimum atomic E-state index is 0.108. The minimum absolute atomic E-state index is 0.108. The molecule has 2 heteroatoms. The molecule has 1 nitrogen and oxygen atoms in total. The lowest BCUT2D eigenvalue weighted by Crippen LogP contribution is -2.04. The van der Waals surface area contributed by atoms with Gasteiger partial charge in [-0.3, -0.25) is 4.79 Å². The van der Waals surface area contributed by atoms with Gasteiger partial charge in [0.15, 0.2) is 5.78 Å². The Hall–Kier alpha value is -0.160. The van der Waals surface area contributed by atoms with Gasteiger partial charge in [0, 0.05) is 6.42 Å². The number of unbranched alkanes of at least 4 members (excludes halogenated alkanes) is 2. The third-order valence-corrected chi connectivity index (χ3v) is 5.54. The van der Waals surface area contributed by atoms with E-state index in [1.807, 2.05) is 6.92 Å². The molecule has 0 aromatic carbocycles. The van der Waals surface area contributed by atoms with Crippen LogP contribution in [0.3, 0.4) is 0 Å². The number of hydrogen-bond acceptors (Lipinski definition) is 1. The predicted molar refractivity (Wildman–Crippen MR) is 75.8 cm³/mol. The lowest BCUT2D eigenvalue weighted by Gasteiger charge is -2.16. The van der Waals surface area contributed by atoms with Crippen LogP contribution in [0.15, 0.2) is 12.2 Å². The Morgan fingerprint density at radius 1 is 1.06 bits per heavy atom. The summed E-state index contributed by atoms with van der Waals surface area (Å²) in [7, 11) is 0.108. The quantitative estimate of drug-likeness (QED) is 0.404. The summed E-state index contributed by atoms with van der Waals surface area (Å²) < 4.78 is 0. The van der Waals surface area contributed by atoms with E-state index in [4.69, 9.17) is 0 Å². The molecule has 0 spiro atoms. The molecule has 0 unspecified atom stereocenters. The first-order chi connectivity index (χ1) is 7.61.